The Balaban J connectivity index is 1.48. The van der Waals surface area contributed by atoms with Crippen LogP contribution in [0.25, 0.3) is 0 Å². The first kappa shape index (κ1) is 16.7. The number of anilines is 1. The maximum atomic E-state index is 4.54. The van der Waals surface area contributed by atoms with E-state index < -0.39 is 0 Å². The normalized spacial score (nSPS) is 16.1. The standard InChI is InChI=1S/C18H24N8/c1-12-16(23-10-21-12)9-26-7-3-14-15(4-8-26)22-11-24-18(14)25-13(2)17-19-5-6-20-17/h5-6,10-11,13H,3-4,7-9H2,1-2H3,(H,19,20)(H,21,23)(H,22,24,25). The summed E-state index contributed by atoms with van der Waals surface area (Å²) in [4.78, 5) is 26.5. The average molecular weight is 352 g/mol. The van der Waals surface area contributed by atoms with Crippen LogP contribution in [0.5, 0.6) is 0 Å². The minimum absolute atomic E-state index is 0.0649. The molecule has 8 nitrogen and oxygen atoms in total. The van der Waals surface area contributed by atoms with E-state index in [0.29, 0.717) is 0 Å². The van der Waals surface area contributed by atoms with Crippen LogP contribution in [0.1, 0.15) is 41.4 Å². The summed E-state index contributed by atoms with van der Waals surface area (Å²) in [5, 5.41) is 3.49. The molecule has 1 unspecified atom stereocenters. The molecular formula is C18H24N8. The Morgan fingerprint density at radius 2 is 2.04 bits per heavy atom. The van der Waals surface area contributed by atoms with Crippen LogP contribution in [0.15, 0.2) is 25.0 Å². The molecule has 0 bridgehead atoms. The zero-order valence-electron chi connectivity index (χ0n) is 15.2. The first-order chi connectivity index (χ1) is 12.7. The summed E-state index contributed by atoms with van der Waals surface area (Å²) in [6.07, 6.45) is 8.87. The van der Waals surface area contributed by atoms with E-state index in [1.54, 1.807) is 18.9 Å². The van der Waals surface area contributed by atoms with E-state index >= 15 is 0 Å². The van der Waals surface area contributed by atoms with Crippen molar-refractivity contribution in [2.75, 3.05) is 18.4 Å². The molecule has 0 radical (unpaired) electrons. The third-order valence-electron chi connectivity index (χ3n) is 4.97. The topological polar surface area (TPSA) is 98.4 Å². The fourth-order valence-electron chi connectivity index (χ4n) is 3.40. The maximum Gasteiger partial charge on any atom is 0.133 e. The molecule has 0 aliphatic carbocycles. The lowest BCUT2D eigenvalue weighted by Gasteiger charge is -2.19. The van der Waals surface area contributed by atoms with Crippen molar-refractivity contribution >= 4 is 5.82 Å². The number of H-pyrrole nitrogens is 2. The number of hydrogen-bond acceptors (Lipinski definition) is 6. The minimum atomic E-state index is 0.0649. The van der Waals surface area contributed by atoms with Crippen molar-refractivity contribution in [3.63, 3.8) is 0 Å². The fourth-order valence-corrected chi connectivity index (χ4v) is 3.40. The Labute approximate surface area is 152 Å². The van der Waals surface area contributed by atoms with Crippen LogP contribution >= 0.6 is 0 Å². The molecule has 0 spiro atoms. The van der Waals surface area contributed by atoms with Crippen LogP contribution in [0, 0.1) is 6.92 Å². The zero-order valence-corrected chi connectivity index (χ0v) is 15.2. The number of nitrogens with zero attached hydrogens (tertiary/aromatic N) is 5. The molecule has 1 aliphatic rings. The van der Waals surface area contributed by atoms with Crippen LogP contribution in [-0.2, 0) is 19.4 Å². The third-order valence-corrected chi connectivity index (χ3v) is 4.97. The van der Waals surface area contributed by atoms with E-state index in [9.17, 15) is 0 Å². The number of hydrogen-bond donors (Lipinski definition) is 3. The maximum absolute atomic E-state index is 4.54. The summed E-state index contributed by atoms with van der Waals surface area (Å²) in [6.45, 7) is 6.96. The summed E-state index contributed by atoms with van der Waals surface area (Å²) >= 11 is 0. The molecule has 3 N–H and O–H groups in total. The van der Waals surface area contributed by atoms with Gasteiger partial charge in [-0.2, -0.15) is 0 Å². The Bertz CT molecular complexity index is 854. The minimum Gasteiger partial charge on any atom is -0.360 e. The van der Waals surface area contributed by atoms with Crippen molar-refractivity contribution in [3.8, 4) is 0 Å². The molecule has 0 fully saturated rings. The predicted molar refractivity (Wildman–Crippen MR) is 98.7 cm³/mol. The molecule has 0 amide bonds. The molecule has 26 heavy (non-hydrogen) atoms. The van der Waals surface area contributed by atoms with Crippen molar-refractivity contribution in [3.05, 3.63) is 53.5 Å². The van der Waals surface area contributed by atoms with Gasteiger partial charge in [0.2, 0.25) is 0 Å². The number of imidazole rings is 2. The largest absolute Gasteiger partial charge is 0.360 e. The fraction of sp³-hybridized carbons (Fsp3) is 0.444. The quantitative estimate of drug-likeness (QED) is 0.650. The van der Waals surface area contributed by atoms with Crippen LogP contribution in [0.3, 0.4) is 0 Å². The third kappa shape index (κ3) is 3.45. The highest BCUT2D eigenvalue weighted by molar-refractivity contribution is 5.47. The molecule has 3 aromatic rings. The van der Waals surface area contributed by atoms with E-state index in [-0.39, 0.29) is 6.04 Å². The van der Waals surface area contributed by atoms with Gasteiger partial charge in [0, 0.05) is 49.7 Å². The van der Waals surface area contributed by atoms with Crippen molar-refractivity contribution in [2.24, 2.45) is 0 Å². The van der Waals surface area contributed by atoms with E-state index in [1.807, 2.05) is 6.20 Å². The zero-order chi connectivity index (χ0) is 17.9. The highest BCUT2D eigenvalue weighted by Crippen LogP contribution is 2.24. The Kier molecular flexibility index (Phi) is 4.66. The Morgan fingerprint density at radius 3 is 2.81 bits per heavy atom. The lowest BCUT2D eigenvalue weighted by Crippen LogP contribution is -2.26. The van der Waals surface area contributed by atoms with Crippen LogP contribution in [0.4, 0.5) is 5.82 Å². The molecule has 3 aromatic heterocycles. The molecule has 1 aliphatic heterocycles. The van der Waals surface area contributed by atoms with E-state index in [4.69, 9.17) is 0 Å². The first-order valence-electron chi connectivity index (χ1n) is 9.00. The molecule has 4 heterocycles. The van der Waals surface area contributed by atoms with Crippen molar-refractivity contribution < 1.29 is 0 Å². The summed E-state index contributed by atoms with van der Waals surface area (Å²) in [6, 6.07) is 0.0649. The highest BCUT2D eigenvalue weighted by atomic mass is 15.1. The number of fused-ring (bicyclic) bond motifs is 1. The number of aromatic nitrogens is 6. The smallest absolute Gasteiger partial charge is 0.133 e. The van der Waals surface area contributed by atoms with E-state index in [0.717, 1.165) is 61.2 Å². The monoisotopic (exact) mass is 352 g/mol. The van der Waals surface area contributed by atoms with Crippen LogP contribution in [-0.4, -0.2) is 47.9 Å². The second-order valence-electron chi connectivity index (χ2n) is 6.74. The second-order valence-corrected chi connectivity index (χ2v) is 6.74. The van der Waals surface area contributed by atoms with Crippen molar-refractivity contribution in [2.45, 2.75) is 39.3 Å². The average Bonchev–Trinajstić information content (AvgIpc) is 3.26. The lowest BCUT2D eigenvalue weighted by atomic mass is 10.1. The van der Waals surface area contributed by atoms with Gasteiger partial charge in [-0.1, -0.05) is 0 Å². The van der Waals surface area contributed by atoms with Crippen molar-refractivity contribution in [1.82, 2.24) is 34.8 Å². The van der Waals surface area contributed by atoms with Gasteiger partial charge in [-0.25, -0.2) is 19.9 Å². The number of aromatic amines is 2. The van der Waals surface area contributed by atoms with Gasteiger partial charge in [-0.05, 0) is 20.3 Å². The van der Waals surface area contributed by atoms with E-state index in [2.05, 4.69) is 54.0 Å². The van der Waals surface area contributed by atoms with Gasteiger partial charge in [-0.3, -0.25) is 4.90 Å². The van der Waals surface area contributed by atoms with E-state index in [1.165, 1.54) is 5.56 Å². The van der Waals surface area contributed by atoms with Gasteiger partial charge in [0.25, 0.3) is 0 Å². The van der Waals surface area contributed by atoms with Gasteiger partial charge < -0.3 is 15.3 Å². The highest BCUT2D eigenvalue weighted by Gasteiger charge is 2.21. The molecule has 0 saturated heterocycles. The number of aryl methyl sites for hydroxylation is 1. The van der Waals surface area contributed by atoms with Gasteiger partial charge in [0.15, 0.2) is 0 Å². The number of nitrogens with one attached hydrogen (secondary N) is 3. The second kappa shape index (κ2) is 7.25. The Morgan fingerprint density at radius 1 is 1.15 bits per heavy atom. The molecule has 0 saturated carbocycles. The van der Waals surface area contributed by atoms with Gasteiger partial charge in [0.1, 0.15) is 18.0 Å². The predicted octanol–water partition coefficient (Wildman–Crippen LogP) is 2.01. The molecule has 4 rings (SSSR count). The Hall–Kier alpha value is -2.74. The number of rotatable bonds is 5. The summed E-state index contributed by atoms with van der Waals surface area (Å²) in [5.41, 5.74) is 4.61. The molecule has 8 heteroatoms. The van der Waals surface area contributed by atoms with Crippen LogP contribution in [0.2, 0.25) is 0 Å². The summed E-state index contributed by atoms with van der Waals surface area (Å²) in [7, 11) is 0. The van der Waals surface area contributed by atoms with Gasteiger partial charge >= 0.3 is 0 Å². The van der Waals surface area contributed by atoms with Crippen molar-refractivity contribution in [1.29, 1.82) is 0 Å². The lowest BCUT2D eigenvalue weighted by molar-refractivity contribution is 0.275. The van der Waals surface area contributed by atoms with Gasteiger partial charge in [-0.15, -0.1) is 0 Å². The summed E-state index contributed by atoms with van der Waals surface area (Å²) < 4.78 is 0. The van der Waals surface area contributed by atoms with Crippen LogP contribution < -0.4 is 5.32 Å². The molecule has 0 aromatic carbocycles. The summed E-state index contributed by atoms with van der Waals surface area (Å²) in [5.74, 6) is 1.82. The first-order valence-corrected chi connectivity index (χ1v) is 9.00. The van der Waals surface area contributed by atoms with Gasteiger partial charge in [0.05, 0.1) is 23.8 Å². The molecule has 136 valence electrons. The SMILES string of the molecule is Cc1[nH]cnc1CN1CCc2ncnc(NC(C)c3ncc[nH]3)c2CC1. The molecular weight excluding hydrogens is 328 g/mol. The molecule has 1 atom stereocenters.